The lowest BCUT2D eigenvalue weighted by molar-refractivity contribution is -0.146. The molecule has 60 heavy (non-hydrogen) atoms. The second-order valence-electron chi connectivity index (χ2n) is 16.9. The number of ether oxygens (including phenoxy) is 2. The fourth-order valence-corrected chi connectivity index (χ4v) is 14.3. The molecule has 1 spiro atoms. The number of rotatable bonds is 12. The number of fused-ring (bicyclic) bond motifs is 3. The molecule has 3 aliphatic rings. The standard InChI is InChI=1S/C49H51N5O5Si/c1-33-47(60(3,4)39-24-22-38(58-2)23-25-39)45(27-28-52-31-42(50-51-52)40(32-55)35-14-6-5-7-15-35)59-49(33)41-18-9-11-20-44(41)53(48(49)57)30-34-13-12-17-37(29-34)54-43-19-10-8-16-36(43)21-26-46(54)56/h5-20,22-25,29,31,33,40,45,47,55H,21,26-28,30,32H2,1-4H3/t33-,40?,45+,47-,49+/m0/s1. The van der Waals surface area contributed by atoms with Gasteiger partial charge in [-0.25, -0.2) is 0 Å². The van der Waals surface area contributed by atoms with Crippen LogP contribution in [-0.4, -0.2) is 59.8 Å². The lowest BCUT2D eigenvalue weighted by Crippen LogP contribution is -2.51. The first-order valence-electron chi connectivity index (χ1n) is 20.9. The first-order chi connectivity index (χ1) is 29.1. The van der Waals surface area contributed by atoms with Gasteiger partial charge in [-0.15, -0.1) is 5.10 Å². The Morgan fingerprint density at radius 1 is 0.883 bits per heavy atom. The molecule has 0 aliphatic carbocycles. The van der Waals surface area contributed by atoms with Gasteiger partial charge in [-0.1, -0.05) is 121 Å². The maximum atomic E-state index is 15.4. The molecule has 11 heteroatoms. The molecule has 5 aromatic carbocycles. The summed E-state index contributed by atoms with van der Waals surface area (Å²) in [7, 11) is -0.699. The normalized spacial score (nSPS) is 21.6. The number of aromatic nitrogens is 3. The van der Waals surface area contributed by atoms with E-state index in [0.717, 1.165) is 51.5 Å². The Labute approximate surface area is 352 Å². The zero-order valence-corrected chi connectivity index (χ0v) is 35.6. The fraction of sp³-hybridized carbons (Fsp3) is 0.306. The molecule has 1 N–H and O–H groups in total. The molecule has 306 valence electrons. The highest BCUT2D eigenvalue weighted by Gasteiger charge is 2.66. The quantitative estimate of drug-likeness (QED) is 0.125. The predicted molar refractivity (Wildman–Crippen MR) is 236 cm³/mol. The third-order valence-electron chi connectivity index (χ3n) is 13.3. The highest BCUT2D eigenvalue weighted by molar-refractivity contribution is 6.91. The molecule has 6 aromatic rings. The Balaban J connectivity index is 1.05. The number of aliphatic hydroxyl groups excluding tert-OH is 1. The Kier molecular flexibility index (Phi) is 10.5. The summed E-state index contributed by atoms with van der Waals surface area (Å²) < 4.78 is 14.8. The smallest absolute Gasteiger partial charge is 0.264 e. The number of carbonyl (C=O) groups excluding carboxylic acids is 2. The SMILES string of the molecule is COc1ccc([Si](C)(C)[C@@H]2[C@@H](CCn3cc(C(CO)c4ccccc4)nn3)O[C@]3(C(=O)N(Cc4cccc(N5C(=O)CCc6ccccc65)c4)c4ccccc43)[C@H]2C)cc1. The first-order valence-corrected chi connectivity index (χ1v) is 24.0. The van der Waals surface area contributed by atoms with Gasteiger partial charge >= 0.3 is 0 Å². The van der Waals surface area contributed by atoms with Gasteiger partial charge in [0.1, 0.15) is 5.75 Å². The van der Waals surface area contributed by atoms with Crippen molar-refractivity contribution in [2.45, 2.75) is 75.5 Å². The number of carbonyl (C=O) groups is 2. The zero-order chi connectivity index (χ0) is 41.6. The number of hydrogen-bond donors (Lipinski definition) is 1. The number of nitrogens with zero attached hydrogens (tertiary/aromatic N) is 5. The van der Waals surface area contributed by atoms with E-state index in [2.05, 4.69) is 54.6 Å². The van der Waals surface area contributed by atoms with E-state index in [0.29, 0.717) is 31.6 Å². The van der Waals surface area contributed by atoms with Crippen LogP contribution in [0.3, 0.4) is 0 Å². The summed E-state index contributed by atoms with van der Waals surface area (Å²) in [5.41, 5.74) is 6.05. The van der Waals surface area contributed by atoms with E-state index in [-0.39, 0.29) is 41.9 Å². The molecule has 1 unspecified atom stereocenters. The van der Waals surface area contributed by atoms with Crippen LogP contribution in [0.4, 0.5) is 17.1 Å². The van der Waals surface area contributed by atoms with E-state index >= 15 is 4.79 Å². The van der Waals surface area contributed by atoms with Gasteiger partial charge in [-0.05, 0) is 71.5 Å². The van der Waals surface area contributed by atoms with E-state index in [4.69, 9.17) is 9.47 Å². The Hall–Kier alpha value is -5.88. The molecule has 0 radical (unpaired) electrons. The topological polar surface area (TPSA) is 110 Å². The third kappa shape index (κ3) is 6.74. The highest BCUT2D eigenvalue weighted by Crippen LogP contribution is 2.60. The van der Waals surface area contributed by atoms with Crippen molar-refractivity contribution >= 4 is 42.1 Å². The van der Waals surface area contributed by atoms with Crippen LogP contribution in [0.2, 0.25) is 18.6 Å². The van der Waals surface area contributed by atoms with Crippen LogP contribution < -0.4 is 19.7 Å². The molecule has 3 aliphatic heterocycles. The van der Waals surface area contributed by atoms with Crippen LogP contribution >= 0.6 is 0 Å². The molecule has 1 aromatic heterocycles. The maximum absolute atomic E-state index is 15.4. The van der Waals surface area contributed by atoms with Crippen molar-refractivity contribution in [2.24, 2.45) is 5.92 Å². The van der Waals surface area contributed by atoms with Crippen LogP contribution in [0.5, 0.6) is 5.75 Å². The minimum Gasteiger partial charge on any atom is -0.497 e. The molecule has 1 fully saturated rings. The van der Waals surface area contributed by atoms with Crippen LogP contribution in [0.1, 0.15) is 53.6 Å². The number of benzene rings is 5. The first kappa shape index (κ1) is 39.6. The van der Waals surface area contributed by atoms with E-state index < -0.39 is 13.7 Å². The second kappa shape index (κ2) is 15.9. The number of aryl methyl sites for hydroxylation is 2. The molecular formula is C49H51N5O5Si. The number of methoxy groups -OCH3 is 1. The molecule has 4 heterocycles. The van der Waals surface area contributed by atoms with E-state index in [1.807, 2.05) is 124 Å². The Bertz CT molecular complexity index is 2530. The summed E-state index contributed by atoms with van der Waals surface area (Å²) in [5, 5.41) is 20.6. The fourth-order valence-electron chi connectivity index (χ4n) is 10.3. The van der Waals surface area contributed by atoms with Gasteiger partial charge in [0.15, 0.2) is 5.60 Å². The van der Waals surface area contributed by atoms with Crippen LogP contribution in [0.25, 0.3) is 0 Å². The minimum atomic E-state index is -2.38. The Morgan fingerprint density at radius 2 is 1.62 bits per heavy atom. The highest BCUT2D eigenvalue weighted by atomic mass is 28.3. The predicted octanol–water partition coefficient (Wildman–Crippen LogP) is 7.87. The molecule has 0 saturated carbocycles. The summed E-state index contributed by atoms with van der Waals surface area (Å²) in [6, 6.07) is 42.4. The van der Waals surface area contributed by atoms with Gasteiger partial charge in [-0.3, -0.25) is 19.2 Å². The summed E-state index contributed by atoms with van der Waals surface area (Å²) in [6.45, 7) is 7.76. The Morgan fingerprint density at radius 3 is 2.38 bits per heavy atom. The van der Waals surface area contributed by atoms with Crippen LogP contribution in [0, 0.1) is 5.92 Å². The van der Waals surface area contributed by atoms with Crippen molar-refractivity contribution in [3.8, 4) is 5.75 Å². The van der Waals surface area contributed by atoms with Gasteiger partial charge in [0.2, 0.25) is 5.91 Å². The summed E-state index contributed by atoms with van der Waals surface area (Å²) in [6.07, 6.45) is 3.44. The number of hydrogen-bond acceptors (Lipinski definition) is 7. The summed E-state index contributed by atoms with van der Waals surface area (Å²) >= 11 is 0. The second-order valence-corrected chi connectivity index (χ2v) is 21.6. The minimum absolute atomic E-state index is 0.0499. The van der Waals surface area contributed by atoms with Crippen molar-refractivity contribution in [3.63, 3.8) is 0 Å². The van der Waals surface area contributed by atoms with Crippen molar-refractivity contribution < 1.29 is 24.2 Å². The van der Waals surface area contributed by atoms with E-state index in [1.54, 1.807) is 7.11 Å². The van der Waals surface area contributed by atoms with Crippen molar-refractivity contribution in [1.82, 2.24) is 15.0 Å². The largest absolute Gasteiger partial charge is 0.497 e. The maximum Gasteiger partial charge on any atom is 0.264 e. The van der Waals surface area contributed by atoms with Crippen LogP contribution in [-0.2, 0) is 39.4 Å². The van der Waals surface area contributed by atoms with Crippen molar-refractivity contribution in [1.29, 1.82) is 0 Å². The monoisotopic (exact) mass is 817 g/mol. The van der Waals surface area contributed by atoms with Crippen LogP contribution in [0.15, 0.2) is 134 Å². The number of aliphatic hydroxyl groups is 1. The zero-order valence-electron chi connectivity index (χ0n) is 34.6. The average Bonchev–Trinajstić information content (AvgIpc) is 3.93. The average molecular weight is 818 g/mol. The van der Waals surface area contributed by atoms with Crippen molar-refractivity contribution in [3.05, 3.63) is 162 Å². The van der Waals surface area contributed by atoms with Gasteiger partial charge in [0.05, 0.1) is 57.4 Å². The molecule has 9 rings (SSSR count). The van der Waals surface area contributed by atoms with Gasteiger partial charge in [0, 0.05) is 36.3 Å². The third-order valence-corrected chi connectivity index (χ3v) is 17.6. The van der Waals surface area contributed by atoms with E-state index in [1.165, 1.54) is 5.19 Å². The summed E-state index contributed by atoms with van der Waals surface area (Å²) in [4.78, 5) is 32.5. The molecule has 2 amide bonds. The van der Waals surface area contributed by atoms with Gasteiger partial charge in [0.25, 0.3) is 5.91 Å². The molecular weight excluding hydrogens is 767 g/mol. The van der Waals surface area contributed by atoms with Gasteiger partial charge in [-0.2, -0.15) is 0 Å². The number of para-hydroxylation sites is 2. The summed E-state index contributed by atoms with van der Waals surface area (Å²) in [5.74, 6) is 0.356. The number of amides is 2. The molecule has 5 atom stereocenters. The number of anilines is 3. The van der Waals surface area contributed by atoms with Gasteiger partial charge < -0.3 is 19.5 Å². The molecule has 10 nitrogen and oxygen atoms in total. The lowest BCUT2D eigenvalue weighted by Gasteiger charge is -2.37. The lowest BCUT2D eigenvalue weighted by atomic mass is 9.82. The van der Waals surface area contributed by atoms with E-state index in [9.17, 15) is 9.90 Å². The molecule has 0 bridgehead atoms. The van der Waals surface area contributed by atoms with Crippen molar-refractivity contribution in [2.75, 3.05) is 23.5 Å². The molecule has 1 saturated heterocycles.